The van der Waals surface area contributed by atoms with Gasteiger partial charge in [0, 0.05) is 12.6 Å². The largest absolute Gasteiger partial charge is 0.473 e. The summed E-state index contributed by atoms with van der Waals surface area (Å²) in [5.74, 6) is 0.233. The molecule has 1 aliphatic rings. The van der Waals surface area contributed by atoms with Crippen molar-refractivity contribution in [2.75, 3.05) is 32.1 Å². The van der Waals surface area contributed by atoms with Crippen molar-refractivity contribution in [3.05, 3.63) is 16.4 Å². The Morgan fingerprint density at radius 1 is 1.57 bits per heavy atom. The molecule has 2 heterocycles. The highest BCUT2D eigenvalue weighted by atomic mass is 16.6. The summed E-state index contributed by atoms with van der Waals surface area (Å²) in [6, 6.07) is 0.485. The number of nitrogens with one attached hydrogen (secondary N) is 1. The molecule has 0 spiro atoms. The molecule has 1 N–H and O–H groups in total. The van der Waals surface area contributed by atoms with Gasteiger partial charge >= 0.3 is 5.69 Å². The van der Waals surface area contributed by atoms with Gasteiger partial charge in [0.2, 0.25) is 5.82 Å². The van der Waals surface area contributed by atoms with Crippen molar-refractivity contribution >= 4 is 11.5 Å². The van der Waals surface area contributed by atoms with Crippen LogP contribution in [0.25, 0.3) is 0 Å². The zero-order valence-corrected chi connectivity index (χ0v) is 12.4. The molecule has 1 atom stereocenters. The third-order valence-corrected chi connectivity index (χ3v) is 3.68. The molecule has 0 aliphatic carbocycles. The fourth-order valence-electron chi connectivity index (χ4n) is 2.57. The normalized spacial score (nSPS) is 18.7. The Labute approximate surface area is 123 Å². The monoisotopic (exact) mass is 295 g/mol. The molecular formula is C13H21N5O3. The zero-order chi connectivity index (χ0) is 15.2. The molecule has 1 aromatic rings. The van der Waals surface area contributed by atoms with Crippen LogP contribution >= 0.6 is 0 Å². The molecule has 0 aromatic carbocycles. The standard InChI is InChI=1S/C13H21N5O3/c1-3-14-12-11(18(19)20)13(16-9-15-12)21-8-6-10-5-4-7-17(10)2/h9-10H,3-8H2,1-2H3,(H,14,15,16). The van der Waals surface area contributed by atoms with Crippen molar-refractivity contribution in [1.82, 2.24) is 14.9 Å². The average molecular weight is 295 g/mol. The second-order valence-corrected chi connectivity index (χ2v) is 5.08. The van der Waals surface area contributed by atoms with Crippen LogP contribution in [0.1, 0.15) is 26.2 Å². The van der Waals surface area contributed by atoms with Gasteiger partial charge in [-0.2, -0.15) is 4.98 Å². The van der Waals surface area contributed by atoms with Gasteiger partial charge in [-0.1, -0.05) is 0 Å². The first-order chi connectivity index (χ1) is 10.1. The number of nitrogens with zero attached hydrogens (tertiary/aromatic N) is 4. The molecule has 2 rings (SSSR count). The van der Waals surface area contributed by atoms with Crippen LogP contribution in [0.15, 0.2) is 6.33 Å². The minimum Gasteiger partial charge on any atom is -0.473 e. The summed E-state index contributed by atoms with van der Waals surface area (Å²) in [5.41, 5.74) is -0.195. The molecule has 0 amide bonds. The molecule has 8 heteroatoms. The highest BCUT2D eigenvalue weighted by Gasteiger charge is 2.25. The van der Waals surface area contributed by atoms with E-state index in [-0.39, 0.29) is 17.4 Å². The lowest BCUT2D eigenvalue weighted by Crippen LogP contribution is -2.26. The third-order valence-electron chi connectivity index (χ3n) is 3.68. The first-order valence-corrected chi connectivity index (χ1v) is 7.19. The molecule has 1 aromatic heterocycles. The Kier molecular flexibility index (Phi) is 5.26. The third kappa shape index (κ3) is 3.78. The van der Waals surface area contributed by atoms with E-state index < -0.39 is 4.92 Å². The van der Waals surface area contributed by atoms with E-state index in [0.717, 1.165) is 19.4 Å². The first kappa shape index (κ1) is 15.4. The van der Waals surface area contributed by atoms with E-state index in [2.05, 4.69) is 27.2 Å². The van der Waals surface area contributed by atoms with Crippen molar-refractivity contribution in [3.63, 3.8) is 0 Å². The zero-order valence-electron chi connectivity index (χ0n) is 12.4. The highest BCUT2D eigenvalue weighted by molar-refractivity contribution is 5.60. The first-order valence-electron chi connectivity index (χ1n) is 7.19. The smallest absolute Gasteiger partial charge is 0.372 e. The van der Waals surface area contributed by atoms with Gasteiger partial charge in [-0.25, -0.2) is 4.98 Å². The number of aromatic nitrogens is 2. The quantitative estimate of drug-likeness (QED) is 0.604. The van der Waals surface area contributed by atoms with E-state index in [9.17, 15) is 10.1 Å². The van der Waals surface area contributed by atoms with Crippen molar-refractivity contribution < 1.29 is 9.66 Å². The van der Waals surface area contributed by atoms with Crippen molar-refractivity contribution in [2.45, 2.75) is 32.2 Å². The lowest BCUT2D eigenvalue weighted by Gasteiger charge is -2.19. The second-order valence-electron chi connectivity index (χ2n) is 5.08. The van der Waals surface area contributed by atoms with Crippen LogP contribution in [0.3, 0.4) is 0 Å². The highest BCUT2D eigenvalue weighted by Crippen LogP contribution is 2.31. The SMILES string of the molecule is CCNc1ncnc(OCCC2CCCN2C)c1[N+](=O)[O-]. The lowest BCUT2D eigenvalue weighted by atomic mass is 10.1. The van der Waals surface area contributed by atoms with Gasteiger partial charge in [-0.05, 0) is 39.8 Å². The number of hydrogen-bond acceptors (Lipinski definition) is 7. The number of ether oxygens (including phenoxy) is 1. The molecule has 8 nitrogen and oxygen atoms in total. The molecule has 0 radical (unpaired) electrons. The maximum absolute atomic E-state index is 11.2. The Bertz CT molecular complexity index is 497. The van der Waals surface area contributed by atoms with Crippen molar-refractivity contribution in [2.24, 2.45) is 0 Å². The molecule has 0 saturated carbocycles. The van der Waals surface area contributed by atoms with E-state index in [1.165, 1.54) is 12.7 Å². The minimum atomic E-state index is -0.505. The van der Waals surface area contributed by atoms with Crippen molar-refractivity contribution in [1.29, 1.82) is 0 Å². The van der Waals surface area contributed by atoms with Gasteiger partial charge in [0.05, 0.1) is 11.5 Å². The molecule has 1 fully saturated rings. The van der Waals surface area contributed by atoms with E-state index in [4.69, 9.17) is 4.74 Å². The second kappa shape index (κ2) is 7.16. The van der Waals surface area contributed by atoms with Crippen LogP contribution in [0, 0.1) is 10.1 Å². The molecule has 1 aliphatic heterocycles. The van der Waals surface area contributed by atoms with Crippen LogP contribution in [-0.4, -0.2) is 52.6 Å². The number of hydrogen-bond donors (Lipinski definition) is 1. The molecular weight excluding hydrogens is 274 g/mol. The van der Waals surface area contributed by atoms with Crippen LogP contribution in [0.4, 0.5) is 11.5 Å². The van der Waals surface area contributed by atoms with Gasteiger partial charge in [0.1, 0.15) is 6.33 Å². The van der Waals surface area contributed by atoms with E-state index in [0.29, 0.717) is 19.2 Å². The Balaban J connectivity index is 2.01. The predicted octanol–water partition coefficient (Wildman–Crippen LogP) is 1.68. The van der Waals surface area contributed by atoms with Gasteiger partial charge in [-0.3, -0.25) is 10.1 Å². The van der Waals surface area contributed by atoms with E-state index >= 15 is 0 Å². The average Bonchev–Trinajstić information content (AvgIpc) is 2.85. The van der Waals surface area contributed by atoms with E-state index in [1.807, 2.05) is 6.92 Å². The predicted molar refractivity (Wildman–Crippen MR) is 78.6 cm³/mol. The number of anilines is 1. The maximum Gasteiger partial charge on any atom is 0.372 e. The fraction of sp³-hybridized carbons (Fsp3) is 0.692. The molecule has 116 valence electrons. The summed E-state index contributed by atoms with van der Waals surface area (Å²) in [6.45, 7) is 3.91. The topological polar surface area (TPSA) is 93.4 Å². The minimum absolute atomic E-state index is 0.0339. The van der Waals surface area contributed by atoms with Gasteiger partial charge in [-0.15, -0.1) is 0 Å². The summed E-state index contributed by atoms with van der Waals surface area (Å²) in [6.07, 6.45) is 4.46. The number of rotatable bonds is 7. The Morgan fingerprint density at radius 2 is 2.38 bits per heavy atom. The number of nitro groups is 1. The summed E-state index contributed by atoms with van der Waals surface area (Å²) < 4.78 is 5.54. The molecule has 1 unspecified atom stereocenters. The summed E-state index contributed by atoms with van der Waals surface area (Å²) in [7, 11) is 2.09. The summed E-state index contributed by atoms with van der Waals surface area (Å²) >= 11 is 0. The molecule has 1 saturated heterocycles. The van der Waals surface area contributed by atoms with Crippen molar-refractivity contribution in [3.8, 4) is 5.88 Å². The van der Waals surface area contributed by atoms with E-state index in [1.54, 1.807) is 0 Å². The fourth-order valence-corrected chi connectivity index (χ4v) is 2.57. The Hall–Kier alpha value is -1.96. The van der Waals surface area contributed by atoms with Gasteiger partial charge < -0.3 is 15.0 Å². The summed E-state index contributed by atoms with van der Waals surface area (Å²) in [4.78, 5) is 20.8. The summed E-state index contributed by atoms with van der Waals surface area (Å²) in [5, 5.41) is 14.0. The maximum atomic E-state index is 11.2. The Morgan fingerprint density at radius 3 is 3.00 bits per heavy atom. The number of likely N-dealkylation sites (tertiary alicyclic amines) is 1. The van der Waals surface area contributed by atoms with Crippen LogP contribution in [0.2, 0.25) is 0 Å². The van der Waals surface area contributed by atoms with Crippen LogP contribution in [-0.2, 0) is 0 Å². The lowest BCUT2D eigenvalue weighted by molar-refractivity contribution is -0.385. The van der Waals surface area contributed by atoms with Crippen LogP contribution in [0.5, 0.6) is 5.88 Å². The van der Waals surface area contributed by atoms with Gasteiger partial charge in [0.15, 0.2) is 0 Å². The molecule has 0 bridgehead atoms. The molecule has 21 heavy (non-hydrogen) atoms. The van der Waals surface area contributed by atoms with Crippen LogP contribution < -0.4 is 10.1 Å². The van der Waals surface area contributed by atoms with Gasteiger partial charge in [0.25, 0.3) is 5.88 Å².